The highest BCUT2D eigenvalue weighted by atomic mass is 19.1. The van der Waals surface area contributed by atoms with Gasteiger partial charge in [0.2, 0.25) is 11.9 Å². The average molecular weight is 434 g/mol. The van der Waals surface area contributed by atoms with Gasteiger partial charge in [0.05, 0.1) is 22.9 Å². The third-order valence-electron chi connectivity index (χ3n) is 5.46. The number of tetrazole rings is 1. The van der Waals surface area contributed by atoms with E-state index in [-0.39, 0.29) is 17.8 Å². The molecular formula is C21H19FN8O2. The fourth-order valence-electron chi connectivity index (χ4n) is 3.76. The summed E-state index contributed by atoms with van der Waals surface area (Å²) in [5.74, 6) is -0.110. The number of rotatable bonds is 4. The van der Waals surface area contributed by atoms with Crippen LogP contribution in [0, 0.1) is 5.82 Å². The van der Waals surface area contributed by atoms with Crippen molar-refractivity contribution in [3.8, 4) is 5.69 Å². The molecule has 32 heavy (non-hydrogen) atoms. The highest BCUT2D eigenvalue weighted by Crippen LogP contribution is 2.17. The Balaban J connectivity index is 1.27. The zero-order valence-corrected chi connectivity index (χ0v) is 17.0. The third-order valence-corrected chi connectivity index (χ3v) is 5.46. The van der Waals surface area contributed by atoms with Crippen LogP contribution in [0.2, 0.25) is 0 Å². The minimum atomic E-state index is -0.519. The normalized spacial score (nSPS) is 14.2. The molecule has 1 saturated heterocycles. The number of hydrogen-bond donors (Lipinski definition) is 0. The fraction of sp³-hybridized carbons (Fsp3) is 0.238. The van der Waals surface area contributed by atoms with Gasteiger partial charge in [0, 0.05) is 26.2 Å². The third kappa shape index (κ3) is 3.68. The molecular weight excluding hydrogens is 415 g/mol. The Hall–Kier alpha value is -4.15. The molecule has 5 rings (SSSR count). The molecule has 1 aliphatic rings. The molecule has 0 bridgehead atoms. The summed E-state index contributed by atoms with van der Waals surface area (Å²) in [4.78, 5) is 33.3. The molecule has 11 heteroatoms. The number of aromatic nitrogens is 6. The van der Waals surface area contributed by atoms with Crippen LogP contribution in [0.4, 0.5) is 10.3 Å². The van der Waals surface area contributed by atoms with E-state index in [4.69, 9.17) is 0 Å². The first-order valence-corrected chi connectivity index (χ1v) is 10.1. The second kappa shape index (κ2) is 8.17. The molecule has 10 nitrogen and oxygen atoms in total. The summed E-state index contributed by atoms with van der Waals surface area (Å²) in [5.41, 5.74) is 0.805. The summed E-state index contributed by atoms with van der Waals surface area (Å²) in [6, 6.07) is 13.4. The monoisotopic (exact) mass is 434 g/mol. The fourth-order valence-corrected chi connectivity index (χ4v) is 3.76. The number of halogens is 1. The first kappa shape index (κ1) is 19.8. The van der Waals surface area contributed by atoms with E-state index in [1.807, 2.05) is 35.2 Å². The molecule has 1 amide bonds. The van der Waals surface area contributed by atoms with Gasteiger partial charge in [0.1, 0.15) is 12.4 Å². The van der Waals surface area contributed by atoms with Gasteiger partial charge in [0.25, 0.3) is 5.56 Å². The summed E-state index contributed by atoms with van der Waals surface area (Å²) in [6.45, 7) is 1.87. The van der Waals surface area contributed by atoms with Crippen LogP contribution in [0.25, 0.3) is 16.6 Å². The quantitative estimate of drug-likeness (QED) is 0.469. The predicted molar refractivity (Wildman–Crippen MR) is 114 cm³/mol. The van der Waals surface area contributed by atoms with Crippen LogP contribution >= 0.6 is 0 Å². The van der Waals surface area contributed by atoms with Gasteiger partial charge in [-0.3, -0.25) is 14.2 Å². The maximum absolute atomic E-state index is 13.5. The molecule has 2 aromatic carbocycles. The Kier molecular flexibility index (Phi) is 5.06. The average Bonchev–Trinajstić information content (AvgIpc) is 3.32. The van der Waals surface area contributed by atoms with Crippen LogP contribution < -0.4 is 10.5 Å². The van der Waals surface area contributed by atoms with E-state index in [1.54, 1.807) is 9.58 Å². The maximum Gasteiger partial charge on any atom is 0.261 e. The van der Waals surface area contributed by atoms with Gasteiger partial charge in [-0.2, -0.15) is 4.68 Å². The largest absolute Gasteiger partial charge is 0.338 e. The number of para-hydroxylation sites is 1. The molecule has 0 N–H and O–H groups in total. The molecule has 4 aromatic rings. The molecule has 0 saturated carbocycles. The number of carbonyl (C=O) groups excluding carboxylic acids is 1. The van der Waals surface area contributed by atoms with Crippen molar-refractivity contribution in [1.29, 1.82) is 0 Å². The van der Waals surface area contributed by atoms with E-state index in [9.17, 15) is 14.0 Å². The van der Waals surface area contributed by atoms with Gasteiger partial charge in [-0.1, -0.05) is 23.3 Å². The van der Waals surface area contributed by atoms with Gasteiger partial charge in [-0.15, -0.1) is 0 Å². The Morgan fingerprint density at radius 2 is 1.81 bits per heavy atom. The van der Waals surface area contributed by atoms with Crippen LogP contribution in [0.5, 0.6) is 0 Å². The summed E-state index contributed by atoms with van der Waals surface area (Å²) < 4.78 is 16.4. The van der Waals surface area contributed by atoms with Gasteiger partial charge >= 0.3 is 0 Å². The predicted octanol–water partition coefficient (Wildman–Crippen LogP) is 0.860. The minimum absolute atomic E-state index is 0.151. The number of fused-ring (bicyclic) bond motifs is 1. The Bertz CT molecular complexity index is 1330. The van der Waals surface area contributed by atoms with Crippen LogP contribution in [0.15, 0.2) is 59.7 Å². The SMILES string of the molecule is O=C(Cn1cnc2ccc(F)cc2c1=O)N1CCN(c2nnnn2-c2ccccc2)CC1. The van der Waals surface area contributed by atoms with E-state index in [0.717, 1.165) is 11.8 Å². The first-order chi connectivity index (χ1) is 15.6. The van der Waals surface area contributed by atoms with Crippen molar-refractivity contribution >= 4 is 22.8 Å². The maximum atomic E-state index is 13.5. The lowest BCUT2D eigenvalue weighted by Crippen LogP contribution is -2.50. The summed E-state index contributed by atoms with van der Waals surface area (Å²) in [5, 5.41) is 12.2. The van der Waals surface area contributed by atoms with Crippen molar-refractivity contribution in [3.63, 3.8) is 0 Å². The van der Waals surface area contributed by atoms with E-state index in [2.05, 4.69) is 20.5 Å². The van der Waals surface area contributed by atoms with Crippen LogP contribution in [0.3, 0.4) is 0 Å². The first-order valence-electron chi connectivity index (χ1n) is 10.1. The van der Waals surface area contributed by atoms with Crippen LogP contribution in [0.1, 0.15) is 0 Å². The number of benzene rings is 2. The standard InChI is InChI=1S/C21H19FN8O2/c22-15-6-7-18-17(12-15)20(32)29(14-23-18)13-19(31)27-8-10-28(11-9-27)21-24-25-26-30(21)16-4-2-1-3-5-16/h1-7,12,14H,8-11,13H2. The number of carbonyl (C=O) groups is 1. The number of hydrogen-bond acceptors (Lipinski definition) is 7. The van der Waals surface area contributed by atoms with Gasteiger partial charge < -0.3 is 9.80 Å². The lowest BCUT2D eigenvalue weighted by atomic mass is 10.2. The number of piperazine rings is 1. The van der Waals surface area contributed by atoms with Crippen molar-refractivity contribution < 1.29 is 9.18 Å². The van der Waals surface area contributed by atoms with Gasteiger partial charge in [-0.05, 0) is 40.8 Å². The number of amides is 1. The minimum Gasteiger partial charge on any atom is -0.338 e. The van der Waals surface area contributed by atoms with Crippen molar-refractivity contribution in [2.24, 2.45) is 0 Å². The molecule has 1 fully saturated rings. The molecule has 0 spiro atoms. The zero-order chi connectivity index (χ0) is 22.1. The van der Waals surface area contributed by atoms with Crippen LogP contribution in [-0.2, 0) is 11.3 Å². The van der Waals surface area contributed by atoms with Crippen LogP contribution in [-0.4, -0.2) is 66.7 Å². The lowest BCUT2D eigenvalue weighted by molar-refractivity contribution is -0.132. The smallest absolute Gasteiger partial charge is 0.261 e. The zero-order valence-electron chi connectivity index (χ0n) is 17.0. The summed E-state index contributed by atoms with van der Waals surface area (Å²) >= 11 is 0. The summed E-state index contributed by atoms with van der Waals surface area (Å²) in [6.07, 6.45) is 1.32. The molecule has 2 aromatic heterocycles. The number of anilines is 1. The topological polar surface area (TPSA) is 102 Å². The van der Waals surface area contributed by atoms with Crippen molar-refractivity contribution in [2.75, 3.05) is 31.1 Å². The number of nitrogens with zero attached hydrogens (tertiary/aromatic N) is 8. The lowest BCUT2D eigenvalue weighted by Gasteiger charge is -2.34. The van der Waals surface area contributed by atoms with Crippen molar-refractivity contribution in [2.45, 2.75) is 6.54 Å². The molecule has 0 radical (unpaired) electrons. The molecule has 0 atom stereocenters. The molecule has 0 unspecified atom stereocenters. The molecule has 162 valence electrons. The van der Waals surface area contributed by atoms with E-state index in [0.29, 0.717) is 37.6 Å². The van der Waals surface area contributed by atoms with Crippen molar-refractivity contribution in [3.05, 3.63) is 71.0 Å². The summed E-state index contributed by atoms with van der Waals surface area (Å²) in [7, 11) is 0. The van der Waals surface area contributed by atoms with E-state index < -0.39 is 11.4 Å². The van der Waals surface area contributed by atoms with E-state index >= 15 is 0 Å². The van der Waals surface area contributed by atoms with Crippen molar-refractivity contribution in [1.82, 2.24) is 34.7 Å². The second-order valence-corrected chi connectivity index (χ2v) is 7.43. The Morgan fingerprint density at radius 3 is 2.59 bits per heavy atom. The second-order valence-electron chi connectivity index (χ2n) is 7.43. The molecule has 1 aliphatic heterocycles. The molecule has 0 aliphatic carbocycles. The highest BCUT2D eigenvalue weighted by molar-refractivity contribution is 5.79. The van der Waals surface area contributed by atoms with Gasteiger partial charge in [-0.25, -0.2) is 9.37 Å². The highest BCUT2D eigenvalue weighted by Gasteiger charge is 2.25. The Morgan fingerprint density at radius 1 is 1.03 bits per heavy atom. The molecule has 3 heterocycles. The Labute approximate surface area is 181 Å². The van der Waals surface area contributed by atoms with Gasteiger partial charge in [0.15, 0.2) is 0 Å². The van der Waals surface area contributed by atoms with E-state index in [1.165, 1.54) is 23.0 Å².